The molecule has 1 rings (SSSR count). The van der Waals surface area contributed by atoms with Gasteiger partial charge in [0.05, 0.1) is 0 Å². The average Bonchev–Trinajstić information content (AvgIpc) is 2.00. The number of hydrogen-bond acceptors (Lipinski definition) is 1. The first kappa shape index (κ1) is 10.2. The highest BCUT2D eigenvalue weighted by molar-refractivity contribution is 9.11. The van der Waals surface area contributed by atoms with E-state index in [1.807, 2.05) is 0 Å². The molecule has 12 heavy (non-hydrogen) atoms. The normalized spacial score (nSPS) is 35.9. The van der Waals surface area contributed by atoms with Crippen LogP contribution in [0.2, 0.25) is 0 Å². The number of allylic oxidation sites excluding steroid dienone is 2. The van der Waals surface area contributed by atoms with Crippen LogP contribution in [0.25, 0.3) is 0 Å². The quantitative estimate of drug-likeness (QED) is 0.658. The molecule has 0 aromatic heterocycles. The molecule has 68 valence electrons. The molecule has 0 spiro atoms. The van der Waals surface area contributed by atoms with Gasteiger partial charge in [-0.3, -0.25) is 0 Å². The van der Waals surface area contributed by atoms with E-state index in [4.69, 9.17) is 11.6 Å². The van der Waals surface area contributed by atoms with Gasteiger partial charge in [-0.2, -0.15) is 0 Å². The Hall–Kier alpha value is 0.0700. The summed E-state index contributed by atoms with van der Waals surface area (Å²) in [6.07, 6.45) is 2.18. The monoisotopic (exact) mass is 258 g/mol. The summed E-state index contributed by atoms with van der Waals surface area (Å²) < 4.78 is 31.0. The lowest BCUT2D eigenvalue weighted by Crippen LogP contribution is -2.36. The highest BCUT2D eigenvalue weighted by atomic mass is 79.9. The molecule has 0 aromatic carbocycles. The van der Waals surface area contributed by atoms with Gasteiger partial charge in [-0.1, -0.05) is 15.9 Å². The summed E-state index contributed by atoms with van der Waals surface area (Å²) in [5, 5.41) is -1.41. The van der Waals surface area contributed by atoms with Crippen molar-refractivity contribution in [2.24, 2.45) is 0 Å². The van der Waals surface area contributed by atoms with Crippen LogP contribution in [0.4, 0.5) is 8.78 Å². The second-order valence-corrected chi connectivity index (χ2v) is 3.67. The summed E-state index contributed by atoms with van der Waals surface area (Å²) in [6.45, 7) is 0. The maximum absolute atomic E-state index is 13.5. The third kappa shape index (κ3) is 1.70. The molecule has 0 saturated heterocycles. The predicted octanol–water partition coefficient (Wildman–Crippen LogP) is 3.05. The van der Waals surface area contributed by atoms with E-state index in [2.05, 4.69) is 20.7 Å². The summed E-state index contributed by atoms with van der Waals surface area (Å²) >= 11 is 8.37. The van der Waals surface area contributed by atoms with E-state index in [1.165, 1.54) is 0 Å². The molecule has 1 aliphatic carbocycles. The second kappa shape index (κ2) is 3.44. The lowest BCUT2D eigenvalue weighted by Gasteiger charge is -2.27. The highest BCUT2D eigenvalue weighted by Crippen LogP contribution is 2.37. The summed E-state index contributed by atoms with van der Waals surface area (Å²) in [5.41, 5.74) is 0. The minimum atomic E-state index is -2.26. The van der Waals surface area contributed by atoms with Crippen LogP contribution in [0.15, 0.2) is 22.5 Å². The van der Waals surface area contributed by atoms with Gasteiger partial charge in [0.2, 0.25) is 0 Å². The molecule has 1 aliphatic rings. The van der Waals surface area contributed by atoms with E-state index >= 15 is 0 Å². The van der Waals surface area contributed by atoms with Gasteiger partial charge in [0.1, 0.15) is 11.2 Å². The van der Waals surface area contributed by atoms with Crippen molar-refractivity contribution in [3.63, 3.8) is 0 Å². The summed E-state index contributed by atoms with van der Waals surface area (Å²) in [5.74, 6) is -3.02. The van der Waals surface area contributed by atoms with E-state index in [0.717, 1.165) is 19.3 Å². The Bertz CT molecular complexity index is 254. The Kier molecular flexibility index (Phi) is 2.91. The van der Waals surface area contributed by atoms with Crippen molar-refractivity contribution in [1.82, 2.24) is 0 Å². The molecule has 0 bridgehead atoms. The van der Waals surface area contributed by atoms with Crippen LogP contribution < -0.4 is 0 Å². The zero-order valence-corrected chi connectivity index (χ0v) is 8.49. The van der Waals surface area contributed by atoms with Gasteiger partial charge in [0, 0.05) is 11.6 Å². The molecule has 2 atom stereocenters. The smallest absolute Gasteiger partial charge is 0.252 e. The van der Waals surface area contributed by atoms with Gasteiger partial charge >= 0.3 is 0 Å². The molecule has 0 amide bonds. The highest BCUT2D eigenvalue weighted by Gasteiger charge is 2.41. The van der Waals surface area contributed by atoms with Gasteiger partial charge < -0.3 is 4.74 Å². The van der Waals surface area contributed by atoms with Crippen molar-refractivity contribution < 1.29 is 13.5 Å². The fourth-order valence-electron chi connectivity index (χ4n) is 0.858. The predicted molar refractivity (Wildman–Crippen MR) is 46.7 cm³/mol. The molecule has 2 unspecified atom stereocenters. The van der Waals surface area contributed by atoms with Gasteiger partial charge in [-0.05, 0) is 12.2 Å². The van der Waals surface area contributed by atoms with Crippen LogP contribution in [0.5, 0.6) is 0 Å². The SMILES string of the molecule is COC1(F)C=C(Br)C=C(F)C1Cl. The Morgan fingerprint density at radius 2 is 2.33 bits per heavy atom. The van der Waals surface area contributed by atoms with Gasteiger partial charge in [-0.15, -0.1) is 11.6 Å². The average molecular weight is 259 g/mol. The lowest BCUT2D eigenvalue weighted by atomic mass is 10.1. The van der Waals surface area contributed by atoms with Crippen molar-refractivity contribution in [3.8, 4) is 0 Å². The van der Waals surface area contributed by atoms with Crippen LogP contribution in [0.3, 0.4) is 0 Å². The summed E-state index contributed by atoms with van der Waals surface area (Å²) in [6, 6.07) is 0. The van der Waals surface area contributed by atoms with Crippen LogP contribution in [0.1, 0.15) is 0 Å². The van der Waals surface area contributed by atoms with Crippen LogP contribution >= 0.6 is 27.5 Å². The Labute approximate surface area is 82.2 Å². The number of ether oxygens (including phenoxy) is 1. The molecule has 0 heterocycles. The van der Waals surface area contributed by atoms with Crippen molar-refractivity contribution >= 4 is 27.5 Å². The third-order valence-electron chi connectivity index (χ3n) is 1.51. The molecule has 1 nitrogen and oxygen atoms in total. The Morgan fingerprint density at radius 3 is 2.83 bits per heavy atom. The van der Waals surface area contributed by atoms with Crippen LogP contribution in [-0.2, 0) is 4.74 Å². The summed E-state index contributed by atoms with van der Waals surface area (Å²) in [4.78, 5) is 0. The van der Waals surface area contributed by atoms with E-state index in [-0.39, 0.29) is 4.48 Å². The van der Waals surface area contributed by atoms with Gasteiger partial charge in [0.25, 0.3) is 5.85 Å². The lowest BCUT2D eigenvalue weighted by molar-refractivity contribution is -0.0788. The number of methoxy groups -OCH3 is 1. The van der Waals surface area contributed by atoms with Crippen molar-refractivity contribution in [1.29, 1.82) is 0 Å². The molecule has 0 N–H and O–H groups in total. The van der Waals surface area contributed by atoms with Crippen molar-refractivity contribution in [3.05, 3.63) is 22.5 Å². The number of alkyl halides is 2. The number of rotatable bonds is 1. The summed E-state index contributed by atoms with van der Waals surface area (Å²) in [7, 11) is 1.13. The fraction of sp³-hybridized carbons (Fsp3) is 0.429. The maximum Gasteiger partial charge on any atom is 0.252 e. The van der Waals surface area contributed by atoms with Gasteiger partial charge in [-0.25, -0.2) is 8.78 Å². The third-order valence-corrected chi connectivity index (χ3v) is 2.47. The van der Waals surface area contributed by atoms with Crippen LogP contribution in [0, 0.1) is 0 Å². The van der Waals surface area contributed by atoms with E-state index < -0.39 is 17.1 Å². The molecule has 0 aromatic rings. The Balaban J connectivity index is 3.01. The van der Waals surface area contributed by atoms with Crippen molar-refractivity contribution in [2.45, 2.75) is 11.2 Å². The topological polar surface area (TPSA) is 9.23 Å². The molecule has 0 aliphatic heterocycles. The molecule has 0 saturated carbocycles. The first-order valence-corrected chi connectivity index (χ1v) is 4.36. The molecule has 0 radical (unpaired) electrons. The minimum absolute atomic E-state index is 0.279. The zero-order valence-electron chi connectivity index (χ0n) is 6.15. The zero-order chi connectivity index (χ0) is 9.35. The first-order valence-electron chi connectivity index (χ1n) is 3.13. The molecule has 0 fully saturated rings. The maximum atomic E-state index is 13.5. The van der Waals surface area contributed by atoms with Crippen LogP contribution in [-0.4, -0.2) is 18.3 Å². The molecular formula is C7H6BrClF2O. The number of halogens is 4. The molecule has 5 heteroatoms. The second-order valence-electron chi connectivity index (χ2n) is 2.32. The van der Waals surface area contributed by atoms with Crippen molar-refractivity contribution in [2.75, 3.05) is 7.11 Å². The largest absolute Gasteiger partial charge is 0.345 e. The van der Waals surface area contributed by atoms with E-state index in [1.54, 1.807) is 0 Å². The van der Waals surface area contributed by atoms with E-state index in [9.17, 15) is 8.78 Å². The van der Waals surface area contributed by atoms with Gasteiger partial charge in [0.15, 0.2) is 0 Å². The standard InChI is InChI=1S/C7H6BrClF2O/c1-12-7(11)3-4(8)2-5(10)6(7)9/h2-3,6H,1H3. The minimum Gasteiger partial charge on any atom is -0.345 e. The first-order chi connectivity index (χ1) is 5.49. The van der Waals surface area contributed by atoms with E-state index in [0.29, 0.717) is 0 Å². The Morgan fingerprint density at radius 1 is 1.75 bits per heavy atom. The fourth-order valence-corrected chi connectivity index (χ4v) is 1.60. The number of hydrogen-bond donors (Lipinski definition) is 0. The molecular weight excluding hydrogens is 253 g/mol.